The summed E-state index contributed by atoms with van der Waals surface area (Å²) < 4.78 is 21.8. The number of carbonyl (C=O) groups excluding carboxylic acids is 1. The first-order chi connectivity index (χ1) is 16.8. The Balaban J connectivity index is 1.53. The van der Waals surface area contributed by atoms with Crippen molar-refractivity contribution in [1.82, 2.24) is 0 Å². The minimum Gasteiger partial charge on any atom is -0.507 e. The fraction of sp³-hybridized carbons (Fsp3) is 0.259. The number of unbranched alkanes of at least 4 members (excludes halogenated alkanes) is 1. The Morgan fingerprint density at radius 3 is 1.97 bits per heavy atom. The van der Waals surface area contributed by atoms with Gasteiger partial charge in [0.1, 0.15) is 17.2 Å². The van der Waals surface area contributed by atoms with E-state index in [1.807, 2.05) is 0 Å². The van der Waals surface area contributed by atoms with Gasteiger partial charge in [-0.3, -0.25) is 4.79 Å². The highest BCUT2D eigenvalue weighted by Crippen LogP contribution is 2.32. The third-order valence-corrected chi connectivity index (χ3v) is 5.44. The minimum absolute atomic E-state index is 0.114. The molecule has 0 aliphatic rings. The first-order valence-electron chi connectivity index (χ1n) is 11.0. The van der Waals surface area contributed by atoms with Gasteiger partial charge in [0.25, 0.3) is 0 Å². The number of carbonyl (C=O) groups is 2. The number of aromatic carboxylic acids is 1. The molecule has 184 valence electrons. The number of ether oxygens (including phenoxy) is 4. The third kappa shape index (κ3) is 6.23. The summed E-state index contributed by atoms with van der Waals surface area (Å²) in [6.07, 6.45) is 1.31. The smallest absolute Gasteiger partial charge is 0.335 e. The molecule has 8 nitrogen and oxygen atoms in total. The van der Waals surface area contributed by atoms with E-state index in [-0.39, 0.29) is 22.7 Å². The van der Waals surface area contributed by atoms with Gasteiger partial charge >= 0.3 is 5.97 Å². The molecule has 0 aliphatic heterocycles. The summed E-state index contributed by atoms with van der Waals surface area (Å²) in [5.41, 5.74) is 1.25. The average Bonchev–Trinajstić information content (AvgIpc) is 2.88. The molecule has 0 atom stereocenters. The summed E-state index contributed by atoms with van der Waals surface area (Å²) in [7, 11) is 3.04. The highest BCUT2D eigenvalue weighted by Gasteiger charge is 2.18. The van der Waals surface area contributed by atoms with E-state index in [4.69, 9.17) is 24.1 Å². The molecule has 0 aliphatic carbocycles. The Hall–Kier alpha value is -4.20. The largest absolute Gasteiger partial charge is 0.507 e. The number of phenolic OH excluding ortho intramolecular Hbond substituents is 1. The van der Waals surface area contributed by atoms with E-state index in [1.54, 1.807) is 56.5 Å². The normalized spacial score (nSPS) is 10.5. The van der Waals surface area contributed by atoms with Crippen LogP contribution in [0.2, 0.25) is 0 Å². The summed E-state index contributed by atoms with van der Waals surface area (Å²) in [5.74, 6) is 0.514. The van der Waals surface area contributed by atoms with Crippen LogP contribution in [0, 0.1) is 6.92 Å². The number of hydrogen-bond donors (Lipinski definition) is 2. The summed E-state index contributed by atoms with van der Waals surface area (Å²) in [4.78, 5) is 23.9. The molecule has 0 fully saturated rings. The van der Waals surface area contributed by atoms with Crippen molar-refractivity contribution < 1.29 is 38.7 Å². The van der Waals surface area contributed by atoms with Crippen LogP contribution in [0.25, 0.3) is 0 Å². The zero-order chi connectivity index (χ0) is 25.4. The fourth-order valence-corrected chi connectivity index (χ4v) is 3.41. The van der Waals surface area contributed by atoms with Crippen molar-refractivity contribution in [2.24, 2.45) is 0 Å². The molecule has 8 heteroatoms. The molecular formula is C27H28O8. The molecular weight excluding hydrogens is 452 g/mol. The van der Waals surface area contributed by atoms with Gasteiger partial charge in [0, 0.05) is 11.1 Å². The van der Waals surface area contributed by atoms with Crippen LogP contribution in [0.5, 0.6) is 28.7 Å². The molecule has 3 aromatic rings. The average molecular weight is 481 g/mol. The van der Waals surface area contributed by atoms with E-state index in [0.29, 0.717) is 60.2 Å². The van der Waals surface area contributed by atoms with Crippen molar-refractivity contribution in [3.8, 4) is 28.7 Å². The molecule has 2 N–H and O–H groups in total. The van der Waals surface area contributed by atoms with Crippen molar-refractivity contribution in [2.75, 3.05) is 27.4 Å². The van der Waals surface area contributed by atoms with Gasteiger partial charge in [0.15, 0.2) is 17.3 Å². The maximum Gasteiger partial charge on any atom is 0.335 e. The van der Waals surface area contributed by atoms with Crippen molar-refractivity contribution in [3.05, 3.63) is 76.9 Å². The second-order valence-electron chi connectivity index (χ2n) is 7.72. The number of carboxylic acids is 1. The second-order valence-corrected chi connectivity index (χ2v) is 7.72. The van der Waals surface area contributed by atoms with Gasteiger partial charge in [-0.1, -0.05) is 0 Å². The van der Waals surface area contributed by atoms with Crippen LogP contribution in [0.15, 0.2) is 54.6 Å². The maximum absolute atomic E-state index is 12.8. The number of aromatic hydroxyl groups is 1. The van der Waals surface area contributed by atoms with Gasteiger partial charge in [0.05, 0.1) is 38.6 Å². The number of rotatable bonds is 12. The topological polar surface area (TPSA) is 112 Å². The van der Waals surface area contributed by atoms with Crippen LogP contribution >= 0.6 is 0 Å². The molecule has 0 amide bonds. The van der Waals surface area contributed by atoms with E-state index in [0.717, 1.165) is 0 Å². The number of hydrogen-bond acceptors (Lipinski definition) is 7. The number of methoxy groups -OCH3 is 2. The van der Waals surface area contributed by atoms with E-state index in [2.05, 4.69) is 0 Å². The van der Waals surface area contributed by atoms with Crippen molar-refractivity contribution in [2.45, 2.75) is 19.8 Å². The lowest BCUT2D eigenvalue weighted by Crippen LogP contribution is -2.06. The summed E-state index contributed by atoms with van der Waals surface area (Å²) in [5, 5.41) is 19.7. The van der Waals surface area contributed by atoms with Gasteiger partial charge in [-0.15, -0.1) is 0 Å². The van der Waals surface area contributed by atoms with Crippen LogP contribution in [0.3, 0.4) is 0 Å². The van der Waals surface area contributed by atoms with E-state index in [9.17, 15) is 14.7 Å². The predicted octanol–water partition coefficient (Wildman–Crippen LogP) is 4.89. The molecule has 0 spiro atoms. The third-order valence-electron chi connectivity index (χ3n) is 5.44. The molecule has 0 bridgehead atoms. The van der Waals surface area contributed by atoms with Crippen molar-refractivity contribution in [1.29, 1.82) is 0 Å². The van der Waals surface area contributed by atoms with Crippen LogP contribution in [0.1, 0.15) is 44.7 Å². The molecule has 0 aromatic heterocycles. The van der Waals surface area contributed by atoms with Crippen LogP contribution in [0.4, 0.5) is 0 Å². The van der Waals surface area contributed by atoms with Crippen molar-refractivity contribution in [3.63, 3.8) is 0 Å². The maximum atomic E-state index is 12.8. The number of phenols is 1. The van der Waals surface area contributed by atoms with Gasteiger partial charge in [-0.2, -0.15) is 0 Å². The summed E-state index contributed by atoms with van der Waals surface area (Å²) in [6.45, 7) is 2.42. The first kappa shape index (κ1) is 25.4. The Morgan fingerprint density at radius 2 is 1.37 bits per heavy atom. The Kier molecular flexibility index (Phi) is 8.56. The standard InChI is InChI=1S/C27H28O8/c1-17-22(13-11-21(25(17)28)26(29)18-6-9-20(32-2)10-7-18)34-14-4-5-15-35-24-16-19(27(30)31)8-12-23(24)33-3/h6-13,16,28H,4-5,14-15H2,1-3H3,(H,30,31). The Morgan fingerprint density at radius 1 is 0.771 bits per heavy atom. The highest BCUT2D eigenvalue weighted by atomic mass is 16.5. The predicted molar refractivity (Wildman–Crippen MR) is 129 cm³/mol. The monoisotopic (exact) mass is 480 g/mol. The van der Waals surface area contributed by atoms with Crippen LogP contribution in [-0.2, 0) is 0 Å². The zero-order valence-electron chi connectivity index (χ0n) is 19.9. The van der Waals surface area contributed by atoms with Gasteiger partial charge < -0.3 is 29.2 Å². The lowest BCUT2D eigenvalue weighted by Gasteiger charge is -2.14. The van der Waals surface area contributed by atoms with E-state index < -0.39 is 5.97 Å². The van der Waals surface area contributed by atoms with Crippen LogP contribution in [-0.4, -0.2) is 49.4 Å². The van der Waals surface area contributed by atoms with Crippen molar-refractivity contribution >= 4 is 11.8 Å². The molecule has 35 heavy (non-hydrogen) atoms. The molecule has 3 aromatic carbocycles. The molecule has 3 rings (SSSR count). The molecule has 0 heterocycles. The molecule has 0 radical (unpaired) electrons. The summed E-state index contributed by atoms with van der Waals surface area (Å²) >= 11 is 0. The van der Waals surface area contributed by atoms with E-state index in [1.165, 1.54) is 19.2 Å². The van der Waals surface area contributed by atoms with E-state index >= 15 is 0 Å². The number of benzene rings is 3. The SMILES string of the molecule is COc1ccc(C(=O)c2ccc(OCCCCOc3cc(C(=O)O)ccc3OC)c(C)c2O)cc1. The van der Waals surface area contributed by atoms with Gasteiger partial charge in [0.2, 0.25) is 0 Å². The van der Waals surface area contributed by atoms with Crippen LogP contribution < -0.4 is 18.9 Å². The number of ketones is 1. The minimum atomic E-state index is -1.04. The quantitative estimate of drug-likeness (QED) is 0.279. The number of carboxylic acid groups (broad SMARTS) is 1. The summed E-state index contributed by atoms with van der Waals surface area (Å²) in [6, 6.07) is 14.3. The second kappa shape index (κ2) is 11.8. The molecule has 0 saturated heterocycles. The highest BCUT2D eigenvalue weighted by molar-refractivity contribution is 6.11. The Bertz CT molecular complexity index is 1180. The first-order valence-corrected chi connectivity index (χ1v) is 11.0. The zero-order valence-corrected chi connectivity index (χ0v) is 19.9. The molecule has 0 saturated carbocycles. The van der Waals surface area contributed by atoms with Gasteiger partial charge in [-0.05, 0) is 74.4 Å². The lowest BCUT2D eigenvalue weighted by molar-refractivity contribution is 0.0696. The molecule has 0 unspecified atom stereocenters. The lowest BCUT2D eigenvalue weighted by atomic mass is 9.99. The fourth-order valence-electron chi connectivity index (χ4n) is 3.41. The Labute approximate surface area is 203 Å². The van der Waals surface area contributed by atoms with Gasteiger partial charge in [-0.25, -0.2) is 4.79 Å².